The first-order chi connectivity index (χ1) is 13.0. The lowest BCUT2D eigenvalue weighted by Gasteiger charge is -2.13. The molecule has 0 radical (unpaired) electrons. The van der Waals surface area contributed by atoms with Gasteiger partial charge < -0.3 is 15.0 Å². The van der Waals surface area contributed by atoms with E-state index >= 15 is 0 Å². The fourth-order valence-electron chi connectivity index (χ4n) is 2.78. The number of hydrogen-bond acceptors (Lipinski definition) is 5. The second-order valence-electron chi connectivity index (χ2n) is 6.65. The molecule has 1 heterocycles. The van der Waals surface area contributed by atoms with Gasteiger partial charge in [-0.05, 0) is 25.5 Å². The number of H-pyrrole nitrogens is 1. The lowest BCUT2D eigenvalue weighted by Crippen LogP contribution is -2.35. The Hall–Kier alpha value is -2.70. The molecule has 27 heavy (non-hydrogen) atoms. The third-order valence-corrected chi connectivity index (χ3v) is 4.24. The second kappa shape index (κ2) is 10.4. The second-order valence-corrected chi connectivity index (χ2v) is 6.65. The van der Waals surface area contributed by atoms with Crippen molar-refractivity contribution in [3.63, 3.8) is 0 Å². The summed E-state index contributed by atoms with van der Waals surface area (Å²) in [4.78, 5) is 42.6. The van der Waals surface area contributed by atoms with Crippen molar-refractivity contribution in [2.45, 2.75) is 58.4 Å². The summed E-state index contributed by atoms with van der Waals surface area (Å²) in [5.41, 5.74) is 0.349. The number of para-hydroxylation sites is 1. The minimum absolute atomic E-state index is 0.0423. The van der Waals surface area contributed by atoms with Gasteiger partial charge in [0.15, 0.2) is 6.61 Å². The van der Waals surface area contributed by atoms with Crippen molar-refractivity contribution in [1.82, 2.24) is 15.3 Å². The summed E-state index contributed by atoms with van der Waals surface area (Å²) >= 11 is 0. The monoisotopic (exact) mass is 373 g/mol. The van der Waals surface area contributed by atoms with E-state index in [1.165, 1.54) is 0 Å². The minimum atomic E-state index is -0.500. The topological polar surface area (TPSA) is 101 Å². The Morgan fingerprint density at radius 1 is 1.26 bits per heavy atom. The number of benzene rings is 1. The van der Waals surface area contributed by atoms with Crippen LogP contribution in [0.1, 0.15) is 51.8 Å². The Kier molecular flexibility index (Phi) is 7.98. The molecule has 1 amide bonds. The largest absolute Gasteiger partial charge is 0.456 e. The van der Waals surface area contributed by atoms with Crippen LogP contribution in [0.15, 0.2) is 29.1 Å². The maximum atomic E-state index is 12.0. The van der Waals surface area contributed by atoms with Gasteiger partial charge in [-0.1, -0.05) is 38.3 Å². The highest BCUT2D eigenvalue weighted by molar-refractivity contribution is 5.81. The van der Waals surface area contributed by atoms with Crippen molar-refractivity contribution in [3.05, 3.63) is 40.4 Å². The fourth-order valence-corrected chi connectivity index (χ4v) is 2.78. The SMILES string of the molecule is CCCCC[C@@H](C)NC(=O)COC(=O)CCc1nc2ccccc2c(=O)[nH]1. The molecule has 0 aliphatic carbocycles. The molecule has 2 rings (SSSR count). The summed E-state index contributed by atoms with van der Waals surface area (Å²) in [7, 11) is 0. The number of carbonyl (C=O) groups is 2. The highest BCUT2D eigenvalue weighted by Gasteiger charge is 2.11. The van der Waals surface area contributed by atoms with Gasteiger partial charge in [0.05, 0.1) is 17.3 Å². The van der Waals surface area contributed by atoms with E-state index in [-0.39, 0.29) is 37.0 Å². The lowest BCUT2D eigenvalue weighted by molar-refractivity contribution is -0.148. The van der Waals surface area contributed by atoms with E-state index in [0.29, 0.717) is 16.7 Å². The molecule has 1 aromatic carbocycles. The van der Waals surface area contributed by atoms with Crippen LogP contribution in [0.4, 0.5) is 0 Å². The average Bonchev–Trinajstić information content (AvgIpc) is 2.65. The van der Waals surface area contributed by atoms with Gasteiger partial charge in [0.25, 0.3) is 11.5 Å². The van der Waals surface area contributed by atoms with E-state index in [2.05, 4.69) is 22.2 Å². The molecule has 0 saturated carbocycles. The zero-order chi connectivity index (χ0) is 19.6. The molecule has 2 N–H and O–H groups in total. The van der Waals surface area contributed by atoms with Crippen LogP contribution in [0.5, 0.6) is 0 Å². The zero-order valence-corrected chi connectivity index (χ0v) is 15.9. The molecular weight excluding hydrogens is 346 g/mol. The number of ether oxygens (including phenoxy) is 1. The Morgan fingerprint density at radius 2 is 2.04 bits per heavy atom. The van der Waals surface area contributed by atoms with Crippen LogP contribution in [-0.4, -0.2) is 34.5 Å². The van der Waals surface area contributed by atoms with Crippen molar-refractivity contribution in [3.8, 4) is 0 Å². The molecule has 146 valence electrons. The molecule has 7 heteroatoms. The molecule has 1 atom stereocenters. The molecule has 7 nitrogen and oxygen atoms in total. The van der Waals surface area contributed by atoms with Crippen LogP contribution in [0.2, 0.25) is 0 Å². The molecule has 0 aliphatic rings. The lowest BCUT2D eigenvalue weighted by atomic mass is 10.1. The number of aryl methyl sites for hydroxylation is 1. The first-order valence-electron chi connectivity index (χ1n) is 9.42. The highest BCUT2D eigenvalue weighted by Crippen LogP contribution is 2.07. The van der Waals surface area contributed by atoms with Crippen LogP contribution in [0.3, 0.4) is 0 Å². The van der Waals surface area contributed by atoms with Crippen LogP contribution in [0.25, 0.3) is 10.9 Å². The van der Waals surface area contributed by atoms with Crippen LogP contribution >= 0.6 is 0 Å². The number of nitrogens with zero attached hydrogens (tertiary/aromatic N) is 1. The van der Waals surface area contributed by atoms with Gasteiger partial charge in [0, 0.05) is 12.5 Å². The Labute approximate surface area is 158 Å². The van der Waals surface area contributed by atoms with Gasteiger partial charge in [-0.25, -0.2) is 4.98 Å². The number of unbranched alkanes of at least 4 members (excludes halogenated alkanes) is 2. The van der Waals surface area contributed by atoms with Gasteiger partial charge in [0.2, 0.25) is 0 Å². The maximum absolute atomic E-state index is 12.0. The van der Waals surface area contributed by atoms with Crippen molar-refractivity contribution in [2.75, 3.05) is 6.61 Å². The van der Waals surface area contributed by atoms with Gasteiger partial charge in [-0.15, -0.1) is 0 Å². The standard InChI is InChI=1S/C20H27N3O4/c1-3-4-5-8-14(2)21-18(24)13-27-19(25)12-11-17-22-16-10-7-6-9-15(16)20(26)23-17/h6-7,9-10,14H,3-5,8,11-13H2,1-2H3,(H,21,24)(H,22,23,26)/t14-/m1/s1. The van der Waals surface area contributed by atoms with Crippen molar-refractivity contribution >= 4 is 22.8 Å². The number of nitrogens with one attached hydrogen (secondary N) is 2. The van der Waals surface area contributed by atoms with Gasteiger partial charge in [-0.2, -0.15) is 0 Å². The normalized spacial score (nSPS) is 11.9. The van der Waals surface area contributed by atoms with E-state index in [9.17, 15) is 14.4 Å². The molecule has 0 bridgehead atoms. The van der Waals surface area contributed by atoms with Gasteiger partial charge >= 0.3 is 5.97 Å². The molecule has 0 fully saturated rings. The number of fused-ring (bicyclic) bond motifs is 1. The number of amides is 1. The number of hydrogen-bond donors (Lipinski definition) is 2. The molecule has 0 unspecified atom stereocenters. The molecule has 0 aliphatic heterocycles. The summed E-state index contributed by atoms with van der Waals surface area (Å²) in [6, 6.07) is 7.08. The zero-order valence-electron chi connectivity index (χ0n) is 15.9. The number of carbonyl (C=O) groups excluding carboxylic acids is 2. The van der Waals surface area contributed by atoms with Crippen molar-refractivity contribution in [1.29, 1.82) is 0 Å². The third-order valence-electron chi connectivity index (χ3n) is 4.24. The van der Waals surface area contributed by atoms with Gasteiger partial charge in [-0.3, -0.25) is 14.4 Å². The quantitative estimate of drug-likeness (QED) is 0.492. The van der Waals surface area contributed by atoms with E-state index in [1.807, 2.05) is 6.92 Å². The number of esters is 1. The number of aromatic amines is 1. The van der Waals surface area contributed by atoms with Crippen LogP contribution in [0, 0.1) is 0 Å². The minimum Gasteiger partial charge on any atom is -0.456 e. The van der Waals surface area contributed by atoms with Crippen LogP contribution in [-0.2, 0) is 20.7 Å². The first kappa shape index (κ1) is 20.6. The Balaban J connectivity index is 1.75. The molecule has 0 spiro atoms. The highest BCUT2D eigenvalue weighted by atomic mass is 16.5. The summed E-state index contributed by atoms with van der Waals surface area (Å²) in [6.45, 7) is 3.78. The summed E-state index contributed by atoms with van der Waals surface area (Å²) in [5.74, 6) is -0.381. The summed E-state index contributed by atoms with van der Waals surface area (Å²) in [5, 5.41) is 3.33. The number of aromatic nitrogens is 2. The molecule has 0 saturated heterocycles. The molecule has 2 aromatic rings. The fraction of sp³-hybridized carbons (Fsp3) is 0.500. The predicted molar refractivity (Wildman–Crippen MR) is 103 cm³/mol. The van der Waals surface area contributed by atoms with Crippen molar-refractivity contribution < 1.29 is 14.3 Å². The van der Waals surface area contributed by atoms with E-state index in [4.69, 9.17) is 4.74 Å². The van der Waals surface area contributed by atoms with Gasteiger partial charge in [0.1, 0.15) is 5.82 Å². The van der Waals surface area contributed by atoms with E-state index < -0.39 is 5.97 Å². The maximum Gasteiger partial charge on any atom is 0.306 e. The predicted octanol–water partition coefficient (Wildman–Crippen LogP) is 2.48. The Bertz CT molecular complexity index is 831. The Morgan fingerprint density at radius 3 is 2.81 bits per heavy atom. The summed E-state index contributed by atoms with van der Waals surface area (Å²) in [6.07, 6.45) is 4.54. The smallest absolute Gasteiger partial charge is 0.306 e. The van der Waals surface area contributed by atoms with Crippen LogP contribution < -0.4 is 10.9 Å². The molecule has 1 aromatic heterocycles. The average molecular weight is 373 g/mol. The summed E-state index contributed by atoms with van der Waals surface area (Å²) < 4.78 is 5.00. The van der Waals surface area contributed by atoms with Crippen molar-refractivity contribution in [2.24, 2.45) is 0 Å². The first-order valence-corrected chi connectivity index (χ1v) is 9.42. The van der Waals surface area contributed by atoms with E-state index in [0.717, 1.165) is 25.7 Å². The molecular formula is C20H27N3O4. The third kappa shape index (κ3) is 6.84. The van der Waals surface area contributed by atoms with E-state index in [1.54, 1.807) is 24.3 Å². The number of rotatable bonds is 10.